The van der Waals surface area contributed by atoms with Crippen molar-refractivity contribution in [2.75, 3.05) is 11.9 Å². The number of esters is 1. The zero-order valence-corrected chi connectivity index (χ0v) is 14.0. The van der Waals surface area contributed by atoms with E-state index < -0.39 is 24.1 Å². The van der Waals surface area contributed by atoms with Gasteiger partial charge in [-0.3, -0.25) is 4.79 Å². The molecule has 2 aromatic carbocycles. The van der Waals surface area contributed by atoms with E-state index in [1.54, 1.807) is 42.5 Å². The zero-order chi connectivity index (χ0) is 18.5. The van der Waals surface area contributed by atoms with Crippen LogP contribution < -0.4 is 14.8 Å². The highest BCUT2D eigenvalue weighted by molar-refractivity contribution is 5.95. The van der Waals surface area contributed by atoms with Gasteiger partial charge in [-0.15, -0.1) is 0 Å². The van der Waals surface area contributed by atoms with Gasteiger partial charge in [0, 0.05) is 5.69 Å². The van der Waals surface area contributed by atoms with E-state index in [-0.39, 0.29) is 6.61 Å². The number of hydrogen-bond donors (Lipinski definition) is 1. The van der Waals surface area contributed by atoms with Crippen LogP contribution in [0, 0.1) is 11.3 Å². The van der Waals surface area contributed by atoms with Crippen molar-refractivity contribution >= 4 is 17.6 Å². The molecule has 7 nitrogen and oxygen atoms in total. The third kappa shape index (κ3) is 3.92. The molecule has 0 aliphatic carbocycles. The number of fused-ring (bicyclic) bond motifs is 1. The van der Waals surface area contributed by atoms with Crippen LogP contribution >= 0.6 is 0 Å². The summed E-state index contributed by atoms with van der Waals surface area (Å²) in [4.78, 5) is 24.4. The van der Waals surface area contributed by atoms with Crippen LogP contribution in [-0.4, -0.2) is 30.7 Å². The van der Waals surface area contributed by atoms with Crippen molar-refractivity contribution in [1.29, 1.82) is 5.26 Å². The number of para-hydroxylation sites is 2. The Balaban J connectivity index is 1.57. The number of nitrogens with one attached hydrogen (secondary N) is 1. The first-order chi connectivity index (χ1) is 12.6. The first kappa shape index (κ1) is 17.3. The van der Waals surface area contributed by atoms with Crippen molar-refractivity contribution in [3.05, 3.63) is 54.1 Å². The second-order valence-electron chi connectivity index (χ2n) is 5.63. The van der Waals surface area contributed by atoms with E-state index >= 15 is 0 Å². The van der Waals surface area contributed by atoms with Gasteiger partial charge in [0.2, 0.25) is 6.10 Å². The molecule has 0 bridgehead atoms. The van der Waals surface area contributed by atoms with Crippen LogP contribution in [0.1, 0.15) is 12.5 Å². The van der Waals surface area contributed by atoms with Crippen LogP contribution in [0.2, 0.25) is 0 Å². The van der Waals surface area contributed by atoms with E-state index in [0.717, 1.165) is 0 Å². The number of carbonyl (C=O) groups is 2. The van der Waals surface area contributed by atoms with Crippen molar-refractivity contribution < 1.29 is 23.8 Å². The predicted octanol–water partition coefficient (Wildman–Crippen LogP) is 2.27. The molecule has 132 valence electrons. The maximum atomic E-state index is 12.2. The summed E-state index contributed by atoms with van der Waals surface area (Å²) in [6.45, 7) is 1.47. The van der Waals surface area contributed by atoms with Crippen LogP contribution in [0.25, 0.3) is 0 Å². The minimum absolute atomic E-state index is 0.00833. The molecule has 1 heterocycles. The van der Waals surface area contributed by atoms with Crippen molar-refractivity contribution in [2.24, 2.45) is 0 Å². The van der Waals surface area contributed by atoms with Crippen LogP contribution in [-0.2, 0) is 14.3 Å². The Morgan fingerprint density at radius 3 is 2.77 bits per heavy atom. The summed E-state index contributed by atoms with van der Waals surface area (Å²) in [7, 11) is 0. The number of hydrogen-bond acceptors (Lipinski definition) is 6. The minimum atomic E-state index is -1.03. The molecular formula is C19H16N2O5. The molecule has 0 unspecified atom stereocenters. The molecule has 1 aliphatic heterocycles. The van der Waals surface area contributed by atoms with Crippen molar-refractivity contribution in [3.8, 4) is 17.6 Å². The highest BCUT2D eigenvalue weighted by atomic mass is 16.6. The fraction of sp³-hybridized carbons (Fsp3) is 0.211. The molecule has 2 aromatic rings. The number of rotatable bonds is 4. The Bertz CT molecular complexity index is 874. The standard InChI is InChI=1S/C19H16N2O5/c1-12(18(22)21-14-6-4-5-13(9-14)10-20)25-19(23)17-11-24-15-7-2-3-8-16(15)26-17/h2-9,12,17H,11H2,1H3,(H,21,22)/t12-,17-/m0/s1. The van der Waals surface area contributed by atoms with Crippen molar-refractivity contribution in [3.63, 3.8) is 0 Å². The summed E-state index contributed by atoms with van der Waals surface area (Å²) < 4.78 is 16.2. The van der Waals surface area contributed by atoms with Crippen LogP contribution in [0.3, 0.4) is 0 Å². The molecule has 1 amide bonds. The molecule has 0 aromatic heterocycles. The van der Waals surface area contributed by atoms with E-state index in [1.165, 1.54) is 13.0 Å². The van der Waals surface area contributed by atoms with Gasteiger partial charge in [-0.1, -0.05) is 18.2 Å². The molecule has 1 aliphatic rings. The van der Waals surface area contributed by atoms with Gasteiger partial charge < -0.3 is 19.5 Å². The van der Waals surface area contributed by atoms with E-state index in [0.29, 0.717) is 22.7 Å². The smallest absolute Gasteiger partial charge is 0.351 e. The molecule has 0 saturated heterocycles. The number of benzene rings is 2. The maximum Gasteiger partial charge on any atom is 0.351 e. The highest BCUT2D eigenvalue weighted by Crippen LogP contribution is 2.31. The van der Waals surface area contributed by atoms with E-state index in [4.69, 9.17) is 19.5 Å². The van der Waals surface area contributed by atoms with Crippen LogP contribution in [0.15, 0.2) is 48.5 Å². The van der Waals surface area contributed by atoms with Crippen LogP contribution in [0.4, 0.5) is 5.69 Å². The number of anilines is 1. The Morgan fingerprint density at radius 2 is 2.00 bits per heavy atom. The summed E-state index contributed by atoms with van der Waals surface area (Å²) in [6, 6.07) is 15.4. The molecule has 2 atom stereocenters. The van der Waals surface area contributed by atoms with Crippen molar-refractivity contribution in [2.45, 2.75) is 19.1 Å². The molecule has 3 rings (SSSR count). The largest absolute Gasteiger partial charge is 0.485 e. The second-order valence-corrected chi connectivity index (χ2v) is 5.63. The SMILES string of the molecule is C[C@H](OC(=O)[C@@H]1COc2ccccc2O1)C(=O)Nc1cccc(C#N)c1. The van der Waals surface area contributed by atoms with Gasteiger partial charge in [-0.25, -0.2) is 4.79 Å². The Hall–Kier alpha value is -3.53. The highest BCUT2D eigenvalue weighted by Gasteiger charge is 2.31. The van der Waals surface area contributed by atoms with Gasteiger partial charge in [-0.05, 0) is 37.3 Å². The topological polar surface area (TPSA) is 97.7 Å². The maximum absolute atomic E-state index is 12.2. The molecular weight excluding hydrogens is 336 g/mol. The molecule has 0 spiro atoms. The van der Waals surface area contributed by atoms with Gasteiger partial charge >= 0.3 is 5.97 Å². The third-order valence-corrected chi connectivity index (χ3v) is 3.69. The number of amides is 1. The van der Waals surface area contributed by atoms with Gasteiger partial charge in [0.15, 0.2) is 17.6 Å². The third-order valence-electron chi connectivity index (χ3n) is 3.69. The lowest BCUT2D eigenvalue weighted by molar-refractivity contribution is -0.162. The number of ether oxygens (including phenoxy) is 3. The van der Waals surface area contributed by atoms with Gasteiger partial charge in [0.1, 0.15) is 6.61 Å². The number of nitriles is 1. The van der Waals surface area contributed by atoms with Gasteiger partial charge in [0.05, 0.1) is 11.6 Å². The predicted molar refractivity (Wildman–Crippen MR) is 91.7 cm³/mol. The Morgan fingerprint density at radius 1 is 1.23 bits per heavy atom. The fourth-order valence-electron chi connectivity index (χ4n) is 2.35. The lowest BCUT2D eigenvalue weighted by atomic mass is 10.2. The first-order valence-corrected chi connectivity index (χ1v) is 7.97. The molecule has 0 fully saturated rings. The summed E-state index contributed by atoms with van der Waals surface area (Å²) in [5.41, 5.74) is 0.863. The average molecular weight is 352 g/mol. The first-order valence-electron chi connectivity index (χ1n) is 7.97. The zero-order valence-electron chi connectivity index (χ0n) is 14.0. The van der Waals surface area contributed by atoms with E-state index in [9.17, 15) is 9.59 Å². The number of carbonyl (C=O) groups excluding carboxylic acids is 2. The monoisotopic (exact) mass is 352 g/mol. The normalized spacial score (nSPS) is 16.1. The second kappa shape index (κ2) is 7.57. The molecule has 0 saturated carbocycles. The average Bonchev–Trinajstić information content (AvgIpc) is 2.67. The molecule has 26 heavy (non-hydrogen) atoms. The number of nitrogens with zero attached hydrogens (tertiary/aromatic N) is 1. The van der Waals surface area contributed by atoms with Gasteiger partial charge in [-0.2, -0.15) is 5.26 Å². The fourth-order valence-corrected chi connectivity index (χ4v) is 2.35. The Kier molecular flexibility index (Phi) is 5.04. The summed E-state index contributed by atoms with van der Waals surface area (Å²) in [5.74, 6) is -0.190. The quantitative estimate of drug-likeness (QED) is 0.848. The van der Waals surface area contributed by atoms with E-state index in [1.807, 2.05) is 6.07 Å². The van der Waals surface area contributed by atoms with Crippen molar-refractivity contribution in [1.82, 2.24) is 0 Å². The van der Waals surface area contributed by atoms with Crippen LogP contribution in [0.5, 0.6) is 11.5 Å². The van der Waals surface area contributed by atoms with E-state index in [2.05, 4.69) is 5.32 Å². The molecule has 0 radical (unpaired) electrons. The molecule has 7 heteroatoms. The van der Waals surface area contributed by atoms with Gasteiger partial charge in [0.25, 0.3) is 5.91 Å². The lowest BCUT2D eigenvalue weighted by Crippen LogP contribution is -2.41. The Labute approximate surface area is 150 Å². The summed E-state index contributed by atoms with van der Waals surface area (Å²) in [5, 5.41) is 11.5. The minimum Gasteiger partial charge on any atom is -0.485 e. The lowest BCUT2D eigenvalue weighted by Gasteiger charge is -2.25. The summed E-state index contributed by atoms with van der Waals surface area (Å²) >= 11 is 0. The summed E-state index contributed by atoms with van der Waals surface area (Å²) in [6.07, 6.45) is -1.98. The molecule has 1 N–H and O–H groups in total.